The molecular weight excluding hydrogens is 528 g/mol. The van der Waals surface area contributed by atoms with Crippen LogP contribution >= 0.6 is 15.9 Å². The minimum atomic E-state index is -3.96. The molecule has 0 saturated heterocycles. The van der Waals surface area contributed by atoms with E-state index in [9.17, 15) is 13.2 Å². The van der Waals surface area contributed by atoms with Crippen LogP contribution in [0.25, 0.3) is 0 Å². The summed E-state index contributed by atoms with van der Waals surface area (Å²) in [6.45, 7) is 7.69. The van der Waals surface area contributed by atoms with Crippen LogP contribution in [-0.2, 0) is 14.8 Å². The van der Waals surface area contributed by atoms with Crippen molar-refractivity contribution in [2.45, 2.75) is 44.6 Å². The lowest BCUT2D eigenvalue weighted by atomic mass is 9.93. The molecule has 0 unspecified atom stereocenters. The van der Waals surface area contributed by atoms with Crippen molar-refractivity contribution < 1.29 is 17.9 Å². The first-order chi connectivity index (χ1) is 16.5. The monoisotopic (exact) mass is 558 g/mol. The summed E-state index contributed by atoms with van der Waals surface area (Å²) in [7, 11) is -2.31. The van der Waals surface area contributed by atoms with Gasteiger partial charge in [0.15, 0.2) is 0 Å². The van der Waals surface area contributed by atoms with Gasteiger partial charge in [-0.2, -0.15) is 0 Å². The molecule has 3 rings (SSSR count). The SMILES string of the molecule is COc1cc(C)c([C@@H](C)NC(=O)CN(c2ccc(Br)cc2)S(=O)(=O)c2ccccc2)cc1C(C)C. The highest BCUT2D eigenvalue weighted by Gasteiger charge is 2.28. The fourth-order valence-corrected chi connectivity index (χ4v) is 5.65. The molecule has 0 radical (unpaired) electrons. The number of nitrogens with one attached hydrogen (secondary N) is 1. The van der Waals surface area contributed by atoms with Crippen molar-refractivity contribution in [2.24, 2.45) is 0 Å². The second-order valence-corrected chi connectivity index (χ2v) is 11.5. The highest BCUT2D eigenvalue weighted by Crippen LogP contribution is 2.32. The number of carbonyl (C=O) groups is 1. The summed E-state index contributed by atoms with van der Waals surface area (Å²) in [6.07, 6.45) is 0. The van der Waals surface area contributed by atoms with E-state index in [0.717, 1.165) is 31.2 Å². The molecule has 0 heterocycles. The Hall–Kier alpha value is -2.84. The number of rotatable bonds is 9. The van der Waals surface area contributed by atoms with Gasteiger partial charge >= 0.3 is 0 Å². The fraction of sp³-hybridized carbons (Fsp3) is 0.296. The number of hydrogen-bond donors (Lipinski definition) is 1. The number of halogens is 1. The van der Waals surface area contributed by atoms with Gasteiger partial charge in [-0.25, -0.2) is 8.42 Å². The second-order valence-electron chi connectivity index (χ2n) is 8.70. The van der Waals surface area contributed by atoms with E-state index >= 15 is 0 Å². The molecule has 186 valence electrons. The van der Waals surface area contributed by atoms with Crippen molar-refractivity contribution in [3.8, 4) is 5.75 Å². The zero-order valence-electron chi connectivity index (χ0n) is 20.6. The number of carbonyl (C=O) groups excluding carboxylic acids is 1. The molecule has 0 aromatic heterocycles. The van der Waals surface area contributed by atoms with Crippen LogP contribution in [0.4, 0.5) is 5.69 Å². The Kier molecular flexibility index (Phi) is 8.61. The van der Waals surface area contributed by atoms with Crippen molar-refractivity contribution in [1.82, 2.24) is 5.32 Å². The molecule has 0 saturated carbocycles. The number of nitrogens with zero attached hydrogens (tertiary/aromatic N) is 1. The van der Waals surface area contributed by atoms with Gasteiger partial charge < -0.3 is 10.1 Å². The molecule has 35 heavy (non-hydrogen) atoms. The van der Waals surface area contributed by atoms with Crippen LogP contribution in [0.1, 0.15) is 49.4 Å². The first-order valence-corrected chi connectivity index (χ1v) is 13.6. The minimum absolute atomic E-state index is 0.122. The molecule has 3 aromatic carbocycles. The Morgan fingerprint density at radius 2 is 1.63 bits per heavy atom. The zero-order chi connectivity index (χ0) is 25.8. The molecule has 0 spiro atoms. The Morgan fingerprint density at radius 3 is 2.20 bits per heavy atom. The number of aryl methyl sites for hydroxylation is 1. The van der Waals surface area contributed by atoms with Gasteiger partial charge in [-0.15, -0.1) is 0 Å². The lowest BCUT2D eigenvalue weighted by molar-refractivity contribution is -0.120. The lowest BCUT2D eigenvalue weighted by Gasteiger charge is -2.26. The molecule has 1 N–H and O–H groups in total. The summed E-state index contributed by atoms with van der Waals surface area (Å²) in [5.74, 6) is 0.660. The standard InChI is InChI=1S/C27H31BrN2O4S/c1-18(2)24-16-25(19(3)15-26(24)34-5)20(4)29-27(31)17-30(22-13-11-21(28)12-14-22)35(32,33)23-9-7-6-8-10-23/h6-16,18,20H,17H2,1-5H3,(H,29,31)/t20-/m1/s1. The highest BCUT2D eigenvalue weighted by atomic mass is 79.9. The van der Waals surface area contributed by atoms with Gasteiger partial charge in [0.2, 0.25) is 5.91 Å². The van der Waals surface area contributed by atoms with Gasteiger partial charge in [0, 0.05) is 4.47 Å². The van der Waals surface area contributed by atoms with Crippen LogP contribution in [0.2, 0.25) is 0 Å². The average molecular weight is 560 g/mol. The number of hydrogen-bond acceptors (Lipinski definition) is 4. The highest BCUT2D eigenvalue weighted by molar-refractivity contribution is 9.10. The van der Waals surface area contributed by atoms with Crippen LogP contribution < -0.4 is 14.4 Å². The van der Waals surface area contributed by atoms with Crippen molar-refractivity contribution in [3.63, 3.8) is 0 Å². The quantitative estimate of drug-likeness (QED) is 0.351. The Morgan fingerprint density at radius 1 is 1.00 bits per heavy atom. The molecule has 0 aliphatic heterocycles. The van der Waals surface area contributed by atoms with Crippen molar-refractivity contribution in [1.29, 1.82) is 0 Å². The fourth-order valence-electron chi connectivity index (χ4n) is 3.95. The summed E-state index contributed by atoms with van der Waals surface area (Å²) < 4.78 is 34.4. The van der Waals surface area contributed by atoms with Gasteiger partial charge in [0.25, 0.3) is 10.0 Å². The zero-order valence-corrected chi connectivity index (χ0v) is 23.0. The van der Waals surface area contributed by atoms with Crippen LogP contribution in [0.5, 0.6) is 5.75 Å². The maximum absolute atomic E-state index is 13.5. The van der Waals surface area contributed by atoms with E-state index in [2.05, 4.69) is 41.2 Å². The number of anilines is 1. The molecule has 3 aromatic rings. The Balaban J connectivity index is 1.90. The van der Waals surface area contributed by atoms with Gasteiger partial charge in [0.1, 0.15) is 12.3 Å². The van der Waals surface area contributed by atoms with E-state index in [1.54, 1.807) is 49.6 Å². The number of methoxy groups -OCH3 is 1. The maximum atomic E-state index is 13.5. The summed E-state index contributed by atoms with van der Waals surface area (Å²) in [5, 5.41) is 2.98. The summed E-state index contributed by atoms with van der Waals surface area (Å²) in [4.78, 5) is 13.3. The van der Waals surface area contributed by atoms with E-state index in [-0.39, 0.29) is 23.4 Å². The first-order valence-electron chi connectivity index (χ1n) is 11.4. The predicted molar refractivity (Wildman–Crippen MR) is 143 cm³/mol. The third kappa shape index (κ3) is 6.24. The van der Waals surface area contributed by atoms with E-state index in [1.165, 1.54) is 12.1 Å². The van der Waals surface area contributed by atoms with E-state index < -0.39 is 15.9 Å². The number of sulfonamides is 1. The number of benzene rings is 3. The van der Waals surface area contributed by atoms with Crippen LogP contribution in [0, 0.1) is 6.92 Å². The molecule has 1 amide bonds. The molecule has 0 aliphatic rings. The predicted octanol–water partition coefficient (Wildman–Crippen LogP) is 5.96. The first kappa shape index (κ1) is 26.8. The molecule has 0 aliphatic carbocycles. The molecular formula is C27H31BrN2O4S. The third-order valence-corrected chi connectivity index (χ3v) is 8.13. The van der Waals surface area contributed by atoms with Gasteiger partial charge in [-0.05, 0) is 85.0 Å². The van der Waals surface area contributed by atoms with Crippen molar-refractivity contribution >= 4 is 37.5 Å². The van der Waals surface area contributed by atoms with Gasteiger partial charge in [0.05, 0.1) is 23.7 Å². The van der Waals surface area contributed by atoms with E-state index in [0.29, 0.717) is 5.69 Å². The second kappa shape index (κ2) is 11.3. The molecule has 0 bridgehead atoms. The van der Waals surface area contributed by atoms with Crippen LogP contribution in [0.15, 0.2) is 76.1 Å². The topological polar surface area (TPSA) is 75.7 Å². The molecule has 1 atom stereocenters. The maximum Gasteiger partial charge on any atom is 0.264 e. The minimum Gasteiger partial charge on any atom is -0.496 e. The lowest BCUT2D eigenvalue weighted by Crippen LogP contribution is -2.41. The summed E-state index contributed by atoms with van der Waals surface area (Å²) in [6, 6.07) is 18.7. The Bertz CT molecular complexity index is 1280. The molecule has 0 fully saturated rings. The van der Waals surface area contributed by atoms with Gasteiger partial charge in [-0.3, -0.25) is 9.10 Å². The van der Waals surface area contributed by atoms with Crippen LogP contribution in [-0.4, -0.2) is 28.0 Å². The molecule has 8 heteroatoms. The van der Waals surface area contributed by atoms with Gasteiger partial charge in [-0.1, -0.05) is 48.0 Å². The summed E-state index contributed by atoms with van der Waals surface area (Å²) in [5.41, 5.74) is 3.41. The number of amides is 1. The normalized spacial score (nSPS) is 12.3. The molecule has 6 nitrogen and oxygen atoms in total. The van der Waals surface area contributed by atoms with Crippen molar-refractivity contribution in [3.05, 3.63) is 87.9 Å². The largest absolute Gasteiger partial charge is 0.496 e. The van der Waals surface area contributed by atoms with Crippen molar-refractivity contribution in [2.75, 3.05) is 18.0 Å². The third-order valence-electron chi connectivity index (χ3n) is 5.82. The average Bonchev–Trinajstić information content (AvgIpc) is 2.83. The number of ether oxygens (including phenoxy) is 1. The van der Waals surface area contributed by atoms with E-state index in [1.807, 2.05) is 19.9 Å². The van der Waals surface area contributed by atoms with Crippen LogP contribution in [0.3, 0.4) is 0 Å². The summed E-state index contributed by atoms with van der Waals surface area (Å²) >= 11 is 3.38. The van der Waals surface area contributed by atoms with E-state index in [4.69, 9.17) is 4.74 Å². The Labute approximate surface area is 216 Å². The smallest absolute Gasteiger partial charge is 0.264 e.